The van der Waals surface area contributed by atoms with Crippen LogP contribution in [0.4, 0.5) is 0 Å². The zero-order valence-corrected chi connectivity index (χ0v) is 14.8. The van der Waals surface area contributed by atoms with Crippen molar-refractivity contribution >= 4 is 16.3 Å². The highest BCUT2D eigenvalue weighted by Crippen LogP contribution is 2.32. The second-order valence-corrected chi connectivity index (χ2v) is 6.11. The van der Waals surface area contributed by atoms with Gasteiger partial charge in [0.25, 0.3) is 0 Å². The minimum absolute atomic E-state index is 0.185. The van der Waals surface area contributed by atoms with Gasteiger partial charge in [0, 0.05) is 24.0 Å². The first-order chi connectivity index (χ1) is 12.8. The van der Waals surface area contributed by atoms with E-state index in [0.29, 0.717) is 28.2 Å². The molecule has 0 radical (unpaired) electrons. The van der Waals surface area contributed by atoms with E-state index in [-0.39, 0.29) is 6.61 Å². The summed E-state index contributed by atoms with van der Waals surface area (Å²) in [5.41, 5.74) is 0.873. The third kappa shape index (κ3) is 3.14. The van der Waals surface area contributed by atoms with Crippen molar-refractivity contribution in [3.05, 3.63) is 42.6 Å². The summed E-state index contributed by atoms with van der Waals surface area (Å²) in [4.78, 5) is 8.68. The van der Waals surface area contributed by atoms with Crippen LogP contribution in [0.3, 0.4) is 0 Å². The molecule has 0 bridgehead atoms. The standard InChI is InChI=1S/C16H14N6O3S/c1-23-11-5-10(6-12(7-11)24-2)15-21-22-13(19-20-16(22)26-15)9-25-14-8-17-3-4-18-14/h3-8H,9H2,1-2H3. The van der Waals surface area contributed by atoms with Gasteiger partial charge in [-0.25, -0.2) is 4.98 Å². The van der Waals surface area contributed by atoms with Crippen molar-refractivity contribution in [2.24, 2.45) is 0 Å². The monoisotopic (exact) mass is 370 g/mol. The minimum Gasteiger partial charge on any atom is -0.497 e. The Labute approximate surface area is 152 Å². The van der Waals surface area contributed by atoms with Crippen molar-refractivity contribution in [2.45, 2.75) is 6.61 Å². The Morgan fingerprint density at radius 2 is 1.85 bits per heavy atom. The van der Waals surface area contributed by atoms with Crippen molar-refractivity contribution < 1.29 is 14.2 Å². The predicted molar refractivity (Wildman–Crippen MR) is 93.6 cm³/mol. The van der Waals surface area contributed by atoms with E-state index in [1.165, 1.54) is 17.5 Å². The molecule has 0 aliphatic carbocycles. The van der Waals surface area contributed by atoms with Crippen LogP contribution in [0.5, 0.6) is 17.4 Å². The molecule has 0 atom stereocenters. The molecule has 3 aromatic heterocycles. The summed E-state index contributed by atoms with van der Waals surface area (Å²) in [7, 11) is 3.22. The summed E-state index contributed by atoms with van der Waals surface area (Å²) in [6, 6.07) is 5.60. The lowest BCUT2D eigenvalue weighted by molar-refractivity contribution is 0.280. The van der Waals surface area contributed by atoms with Crippen LogP contribution in [0.15, 0.2) is 36.8 Å². The van der Waals surface area contributed by atoms with Crippen LogP contribution in [0.25, 0.3) is 15.5 Å². The molecule has 0 aliphatic rings. The van der Waals surface area contributed by atoms with Crippen molar-refractivity contribution in [2.75, 3.05) is 14.2 Å². The van der Waals surface area contributed by atoms with Crippen molar-refractivity contribution in [3.8, 4) is 28.0 Å². The van der Waals surface area contributed by atoms with E-state index in [0.717, 1.165) is 10.6 Å². The van der Waals surface area contributed by atoms with Crippen LogP contribution < -0.4 is 14.2 Å². The first-order valence-electron chi connectivity index (χ1n) is 7.60. The van der Waals surface area contributed by atoms with Gasteiger partial charge in [-0.05, 0) is 12.1 Å². The molecule has 0 spiro atoms. The lowest BCUT2D eigenvalue weighted by Gasteiger charge is -2.06. The summed E-state index contributed by atoms with van der Waals surface area (Å²) in [6.45, 7) is 0.185. The minimum atomic E-state index is 0.185. The fraction of sp³-hybridized carbons (Fsp3) is 0.188. The van der Waals surface area contributed by atoms with Gasteiger partial charge in [-0.15, -0.1) is 10.2 Å². The maximum Gasteiger partial charge on any atom is 0.235 e. The second-order valence-electron chi connectivity index (χ2n) is 5.15. The molecule has 26 heavy (non-hydrogen) atoms. The van der Waals surface area contributed by atoms with Gasteiger partial charge in [-0.2, -0.15) is 9.61 Å². The molecule has 1 aromatic carbocycles. The average Bonchev–Trinajstić information content (AvgIpc) is 3.28. The smallest absolute Gasteiger partial charge is 0.235 e. The number of hydrogen-bond donors (Lipinski definition) is 0. The normalized spacial score (nSPS) is 10.8. The molecule has 0 N–H and O–H groups in total. The number of fused-ring (bicyclic) bond motifs is 1. The molecule has 3 heterocycles. The fourth-order valence-electron chi connectivity index (χ4n) is 2.29. The molecule has 0 saturated heterocycles. The quantitative estimate of drug-likeness (QED) is 0.510. The molecule has 132 valence electrons. The van der Waals surface area contributed by atoms with Crippen LogP contribution in [-0.2, 0) is 6.61 Å². The van der Waals surface area contributed by atoms with Gasteiger partial charge < -0.3 is 14.2 Å². The summed E-state index contributed by atoms with van der Waals surface area (Å²) in [5.74, 6) is 2.37. The fourth-order valence-corrected chi connectivity index (χ4v) is 3.14. The lowest BCUT2D eigenvalue weighted by atomic mass is 10.2. The summed E-state index contributed by atoms with van der Waals surface area (Å²) in [5, 5.41) is 13.6. The molecular formula is C16H14N6O3S. The highest BCUT2D eigenvalue weighted by molar-refractivity contribution is 7.19. The van der Waals surface area contributed by atoms with Gasteiger partial charge >= 0.3 is 0 Å². The van der Waals surface area contributed by atoms with E-state index in [1.807, 2.05) is 18.2 Å². The zero-order valence-electron chi connectivity index (χ0n) is 14.0. The molecule has 0 saturated carbocycles. The Morgan fingerprint density at radius 1 is 1.04 bits per heavy atom. The van der Waals surface area contributed by atoms with Gasteiger partial charge in [-0.3, -0.25) is 4.98 Å². The molecule has 4 rings (SSSR count). The number of benzene rings is 1. The van der Waals surface area contributed by atoms with Crippen LogP contribution in [0.2, 0.25) is 0 Å². The van der Waals surface area contributed by atoms with Crippen molar-refractivity contribution in [1.29, 1.82) is 0 Å². The van der Waals surface area contributed by atoms with Crippen molar-refractivity contribution in [3.63, 3.8) is 0 Å². The molecule has 0 fully saturated rings. The maximum atomic E-state index is 5.57. The lowest BCUT2D eigenvalue weighted by Crippen LogP contribution is -2.03. The summed E-state index contributed by atoms with van der Waals surface area (Å²) < 4.78 is 17.9. The topological polar surface area (TPSA) is 96.6 Å². The largest absolute Gasteiger partial charge is 0.497 e. The highest BCUT2D eigenvalue weighted by Gasteiger charge is 2.15. The Hall–Kier alpha value is -3.27. The van der Waals surface area contributed by atoms with E-state index < -0.39 is 0 Å². The van der Waals surface area contributed by atoms with Gasteiger partial charge in [0.05, 0.1) is 20.4 Å². The molecule has 9 nitrogen and oxygen atoms in total. The van der Waals surface area contributed by atoms with Gasteiger partial charge in [0.2, 0.25) is 10.8 Å². The molecule has 0 amide bonds. The second kappa shape index (κ2) is 6.92. The van der Waals surface area contributed by atoms with Crippen LogP contribution in [-0.4, -0.2) is 44.0 Å². The number of hydrogen-bond acceptors (Lipinski definition) is 9. The number of nitrogens with zero attached hydrogens (tertiary/aromatic N) is 6. The highest BCUT2D eigenvalue weighted by atomic mass is 32.1. The Bertz CT molecular complexity index is 1010. The third-order valence-corrected chi connectivity index (χ3v) is 4.49. The third-order valence-electron chi connectivity index (χ3n) is 3.54. The van der Waals surface area contributed by atoms with Crippen LogP contribution in [0, 0.1) is 0 Å². The first-order valence-corrected chi connectivity index (χ1v) is 8.42. The van der Waals surface area contributed by atoms with Gasteiger partial charge in [-0.1, -0.05) is 11.3 Å². The number of aromatic nitrogens is 6. The first kappa shape index (κ1) is 16.2. The zero-order chi connectivity index (χ0) is 17.9. The van der Waals surface area contributed by atoms with E-state index in [4.69, 9.17) is 14.2 Å². The Balaban J connectivity index is 1.63. The number of methoxy groups -OCH3 is 2. The van der Waals surface area contributed by atoms with Crippen LogP contribution in [0.1, 0.15) is 5.82 Å². The van der Waals surface area contributed by atoms with Gasteiger partial charge in [0.1, 0.15) is 16.5 Å². The van der Waals surface area contributed by atoms with E-state index >= 15 is 0 Å². The van der Waals surface area contributed by atoms with Crippen LogP contribution >= 0.6 is 11.3 Å². The molecule has 10 heteroatoms. The molecule has 0 aliphatic heterocycles. The maximum absolute atomic E-state index is 5.57. The van der Waals surface area contributed by atoms with Gasteiger partial charge in [0.15, 0.2) is 12.4 Å². The van der Waals surface area contributed by atoms with E-state index in [9.17, 15) is 0 Å². The average molecular weight is 370 g/mol. The molecular weight excluding hydrogens is 356 g/mol. The summed E-state index contributed by atoms with van der Waals surface area (Å²) >= 11 is 1.41. The Morgan fingerprint density at radius 3 is 2.54 bits per heavy atom. The van der Waals surface area contributed by atoms with Crippen molar-refractivity contribution in [1.82, 2.24) is 29.8 Å². The molecule has 0 unspecified atom stereocenters. The SMILES string of the molecule is COc1cc(OC)cc(-c2nn3c(COc4cnccn4)nnc3s2)c1. The Kier molecular flexibility index (Phi) is 4.32. The van der Waals surface area contributed by atoms with E-state index in [2.05, 4.69) is 25.3 Å². The predicted octanol–water partition coefficient (Wildman–Crippen LogP) is 2.24. The number of rotatable bonds is 6. The molecule has 4 aromatic rings. The summed E-state index contributed by atoms with van der Waals surface area (Å²) in [6.07, 6.45) is 4.68. The number of ether oxygens (including phenoxy) is 3. The van der Waals surface area contributed by atoms with E-state index in [1.54, 1.807) is 31.1 Å².